The average molecular weight is 444 g/mol. The van der Waals surface area contributed by atoms with Crippen molar-refractivity contribution in [3.8, 4) is 0 Å². The Kier molecular flexibility index (Phi) is 5.41. The molecule has 4 rings (SSSR count). The van der Waals surface area contributed by atoms with Gasteiger partial charge in [0.1, 0.15) is 12.9 Å². The molecule has 0 aliphatic carbocycles. The van der Waals surface area contributed by atoms with Crippen molar-refractivity contribution in [1.29, 1.82) is 0 Å². The molecule has 0 aliphatic heterocycles. The Bertz CT molecular complexity index is 1380. The standard InChI is InChI=1S/C21H19F3N6O2/c1-3-12(2)19-16-8-13(21(22,23)24)4-6-15(16)20(32)30(28-19)10-18(31)26-14-5-7-17-27-25-11-29(17)9-14/h4-9,11-12H,3,10H2,1-2H3,(H,26,31). The number of benzene rings is 1. The molecule has 1 aromatic carbocycles. The van der Waals surface area contributed by atoms with Crippen molar-refractivity contribution in [1.82, 2.24) is 24.4 Å². The fourth-order valence-corrected chi connectivity index (χ4v) is 3.39. The molecule has 1 amide bonds. The normalized spacial score (nSPS) is 12.9. The van der Waals surface area contributed by atoms with E-state index in [9.17, 15) is 22.8 Å². The maximum atomic E-state index is 13.2. The molecule has 1 atom stereocenters. The smallest absolute Gasteiger partial charge is 0.323 e. The van der Waals surface area contributed by atoms with E-state index in [0.717, 1.165) is 22.9 Å². The number of carbonyl (C=O) groups is 1. The summed E-state index contributed by atoms with van der Waals surface area (Å²) in [5, 5.41) is 14.8. The van der Waals surface area contributed by atoms with Gasteiger partial charge in [0, 0.05) is 17.5 Å². The van der Waals surface area contributed by atoms with Gasteiger partial charge in [0.2, 0.25) is 5.91 Å². The van der Waals surface area contributed by atoms with Gasteiger partial charge in [0.05, 0.1) is 22.3 Å². The molecule has 32 heavy (non-hydrogen) atoms. The van der Waals surface area contributed by atoms with E-state index < -0.39 is 23.2 Å². The SMILES string of the molecule is CCC(C)c1nn(CC(=O)Nc2ccc3nncn3c2)c(=O)c2ccc(C(F)(F)F)cc12. The Labute approximate surface area is 179 Å². The first kappa shape index (κ1) is 21.5. The molecule has 0 saturated carbocycles. The molecule has 1 N–H and O–H groups in total. The van der Waals surface area contributed by atoms with Crippen LogP contribution in [0.4, 0.5) is 18.9 Å². The van der Waals surface area contributed by atoms with Gasteiger partial charge in [-0.05, 0) is 36.8 Å². The maximum Gasteiger partial charge on any atom is 0.416 e. The van der Waals surface area contributed by atoms with Crippen molar-refractivity contribution >= 4 is 28.0 Å². The lowest BCUT2D eigenvalue weighted by Gasteiger charge is -2.16. The Morgan fingerprint density at radius 1 is 1.19 bits per heavy atom. The van der Waals surface area contributed by atoms with Crippen LogP contribution in [-0.2, 0) is 17.5 Å². The summed E-state index contributed by atoms with van der Waals surface area (Å²) in [6, 6.07) is 6.26. The summed E-state index contributed by atoms with van der Waals surface area (Å²) in [5.74, 6) is -0.722. The minimum Gasteiger partial charge on any atom is -0.323 e. The molecule has 3 aromatic heterocycles. The first-order chi connectivity index (χ1) is 15.2. The van der Waals surface area contributed by atoms with Crippen LogP contribution in [0.2, 0.25) is 0 Å². The highest BCUT2D eigenvalue weighted by atomic mass is 19.4. The number of nitrogens with one attached hydrogen (secondary N) is 1. The van der Waals surface area contributed by atoms with Crippen LogP contribution in [0.1, 0.15) is 37.4 Å². The number of hydrogen-bond acceptors (Lipinski definition) is 5. The number of aromatic nitrogens is 5. The van der Waals surface area contributed by atoms with Gasteiger partial charge < -0.3 is 5.32 Å². The first-order valence-electron chi connectivity index (χ1n) is 9.88. The summed E-state index contributed by atoms with van der Waals surface area (Å²) >= 11 is 0. The first-order valence-corrected chi connectivity index (χ1v) is 9.88. The summed E-state index contributed by atoms with van der Waals surface area (Å²) in [5.41, 5.74) is -0.0762. The highest BCUT2D eigenvalue weighted by Gasteiger charge is 2.31. The van der Waals surface area contributed by atoms with Crippen LogP contribution in [-0.4, -0.2) is 30.3 Å². The van der Waals surface area contributed by atoms with Gasteiger partial charge in [0.25, 0.3) is 5.56 Å². The molecular weight excluding hydrogens is 425 g/mol. The highest BCUT2D eigenvalue weighted by Crippen LogP contribution is 2.33. The molecule has 0 aliphatic rings. The molecule has 0 bridgehead atoms. The van der Waals surface area contributed by atoms with E-state index in [1.54, 1.807) is 22.7 Å². The molecule has 11 heteroatoms. The van der Waals surface area contributed by atoms with Crippen LogP contribution in [0.3, 0.4) is 0 Å². The van der Waals surface area contributed by atoms with Crippen LogP contribution < -0.4 is 10.9 Å². The average Bonchev–Trinajstić information content (AvgIpc) is 3.22. The number of halogens is 3. The lowest BCUT2D eigenvalue weighted by molar-refractivity contribution is -0.137. The lowest BCUT2D eigenvalue weighted by atomic mass is 9.98. The van der Waals surface area contributed by atoms with E-state index in [2.05, 4.69) is 20.6 Å². The predicted octanol–water partition coefficient (Wildman–Crippen LogP) is 3.61. The third-order valence-electron chi connectivity index (χ3n) is 5.26. The van der Waals surface area contributed by atoms with E-state index in [-0.39, 0.29) is 23.2 Å². The zero-order valence-corrected chi connectivity index (χ0v) is 17.2. The molecule has 0 radical (unpaired) electrons. The largest absolute Gasteiger partial charge is 0.416 e. The quantitative estimate of drug-likeness (QED) is 0.508. The fraction of sp³-hybridized carbons (Fsp3) is 0.286. The van der Waals surface area contributed by atoms with Gasteiger partial charge in [-0.2, -0.15) is 18.3 Å². The number of nitrogens with zero attached hydrogens (tertiary/aromatic N) is 5. The summed E-state index contributed by atoms with van der Waals surface area (Å²) in [6.45, 7) is 3.29. The molecule has 0 spiro atoms. The minimum absolute atomic E-state index is 0.0852. The van der Waals surface area contributed by atoms with Crippen molar-refractivity contribution in [2.75, 3.05) is 5.32 Å². The Morgan fingerprint density at radius 2 is 1.97 bits per heavy atom. The van der Waals surface area contributed by atoms with Crippen LogP contribution in [0, 0.1) is 0 Å². The van der Waals surface area contributed by atoms with E-state index in [1.165, 1.54) is 6.33 Å². The monoisotopic (exact) mass is 444 g/mol. The summed E-state index contributed by atoms with van der Waals surface area (Å²) in [4.78, 5) is 25.5. The van der Waals surface area contributed by atoms with Crippen molar-refractivity contribution in [3.63, 3.8) is 0 Å². The summed E-state index contributed by atoms with van der Waals surface area (Å²) in [6.07, 6.45) is -0.843. The Hall–Kier alpha value is -3.76. The third-order valence-corrected chi connectivity index (χ3v) is 5.26. The summed E-state index contributed by atoms with van der Waals surface area (Å²) in [7, 11) is 0. The number of alkyl halides is 3. The second-order valence-corrected chi connectivity index (χ2v) is 7.48. The van der Waals surface area contributed by atoms with Gasteiger partial charge in [-0.1, -0.05) is 13.8 Å². The number of fused-ring (bicyclic) bond motifs is 2. The van der Waals surface area contributed by atoms with Gasteiger partial charge in [-0.25, -0.2) is 4.68 Å². The number of carbonyl (C=O) groups excluding carboxylic acids is 1. The van der Waals surface area contributed by atoms with E-state index >= 15 is 0 Å². The van der Waals surface area contributed by atoms with Gasteiger partial charge >= 0.3 is 6.18 Å². The number of pyridine rings is 1. The second-order valence-electron chi connectivity index (χ2n) is 7.48. The van der Waals surface area contributed by atoms with Crippen LogP contribution in [0.5, 0.6) is 0 Å². The number of rotatable bonds is 5. The number of amides is 1. The Balaban J connectivity index is 1.70. The molecule has 1 unspecified atom stereocenters. The molecule has 8 nitrogen and oxygen atoms in total. The third kappa shape index (κ3) is 4.05. The van der Waals surface area contributed by atoms with Crippen LogP contribution in [0.25, 0.3) is 16.4 Å². The second kappa shape index (κ2) is 8.06. The maximum absolute atomic E-state index is 13.2. The van der Waals surface area contributed by atoms with Gasteiger partial charge in [-0.15, -0.1) is 10.2 Å². The van der Waals surface area contributed by atoms with Crippen LogP contribution >= 0.6 is 0 Å². The zero-order chi connectivity index (χ0) is 23.0. The topological polar surface area (TPSA) is 94.2 Å². The van der Waals surface area contributed by atoms with Gasteiger partial charge in [-0.3, -0.25) is 14.0 Å². The van der Waals surface area contributed by atoms with Crippen molar-refractivity contribution in [2.45, 2.75) is 38.9 Å². The molecule has 4 aromatic rings. The molecule has 0 saturated heterocycles. The van der Waals surface area contributed by atoms with E-state index in [0.29, 0.717) is 23.4 Å². The van der Waals surface area contributed by atoms with Crippen molar-refractivity contribution < 1.29 is 18.0 Å². The lowest BCUT2D eigenvalue weighted by Crippen LogP contribution is -2.31. The van der Waals surface area contributed by atoms with Crippen molar-refractivity contribution in [3.05, 3.63) is 64.5 Å². The Morgan fingerprint density at radius 3 is 2.69 bits per heavy atom. The van der Waals surface area contributed by atoms with Crippen LogP contribution in [0.15, 0.2) is 47.7 Å². The summed E-state index contributed by atoms with van der Waals surface area (Å²) < 4.78 is 42.2. The van der Waals surface area contributed by atoms with Gasteiger partial charge in [0.15, 0.2) is 5.65 Å². The van der Waals surface area contributed by atoms with E-state index in [1.807, 2.05) is 13.8 Å². The molecule has 166 valence electrons. The minimum atomic E-state index is -4.54. The molecular formula is C21H19F3N6O2. The highest BCUT2D eigenvalue weighted by molar-refractivity contribution is 5.91. The predicted molar refractivity (Wildman–Crippen MR) is 111 cm³/mol. The molecule has 0 fully saturated rings. The number of anilines is 1. The van der Waals surface area contributed by atoms with E-state index in [4.69, 9.17) is 0 Å². The number of hydrogen-bond donors (Lipinski definition) is 1. The van der Waals surface area contributed by atoms with Crippen molar-refractivity contribution in [2.24, 2.45) is 0 Å². The fourth-order valence-electron chi connectivity index (χ4n) is 3.39. The zero-order valence-electron chi connectivity index (χ0n) is 17.2. The molecule has 3 heterocycles.